The van der Waals surface area contributed by atoms with Gasteiger partial charge >= 0.3 is 12.0 Å². The molecule has 1 aliphatic rings. The molecule has 0 atom stereocenters. The van der Waals surface area contributed by atoms with E-state index in [2.05, 4.69) is 10.2 Å². The van der Waals surface area contributed by atoms with Crippen LogP contribution in [0.5, 0.6) is 0 Å². The predicted molar refractivity (Wildman–Crippen MR) is 125 cm³/mol. The van der Waals surface area contributed by atoms with Crippen molar-refractivity contribution in [2.24, 2.45) is 0 Å². The second kappa shape index (κ2) is 9.36. The number of urea groups is 1. The number of benzene rings is 2. The van der Waals surface area contributed by atoms with E-state index in [-0.39, 0.29) is 12.1 Å². The summed E-state index contributed by atoms with van der Waals surface area (Å²) in [7, 11) is 0. The van der Waals surface area contributed by atoms with Crippen LogP contribution in [0, 0.1) is 0 Å². The van der Waals surface area contributed by atoms with Crippen LogP contribution in [0.15, 0.2) is 54.6 Å². The van der Waals surface area contributed by atoms with Crippen molar-refractivity contribution in [2.75, 3.05) is 26.2 Å². The molecular weight excluding hydrogens is 404 g/mol. The second-order valence-corrected chi connectivity index (χ2v) is 8.37. The predicted octanol–water partition coefficient (Wildman–Crippen LogP) is 3.84. The number of pyridine rings is 1. The van der Waals surface area contributed by atoms with Crippen LogP contribution in [-0.2, 0) is 6.54 Å². The maximum atomic E-state index is 12.4. The first-order valence-corrected chi connectivity index (χ1v) is 10.9. The molecule has 4 rings (SSSR count). The minimum absolute atomic E-state index is 0.0526. The number of carbonyl (C=O) groups excluding carboxylic acids is 1. The zero-order valence-corrected chi connectivity index (χ0v) is 18.4. The first-order valence-electron chi connectivity index (χ1n) is 10.9. The van der Waals surface area contributed by atoms with Crippen molar-refractivity contribution in [2.45, 2.75) is 26.4 Å². The Morgan fingerprint density at radius 1 is 1.00 bits per heavy atom. The Balaban J connectivity index is 1.68. The van der Waals surface area contributed by atoms with Crippen LogP contribution < -0.4 is 5.32 Å². The van der Waals surface area contributed by atoms with Gasteiger partial charge in [0.05, 0.1) is 16.8 Å². The van der Waals surface area contributed by atoms with E-state index >= 15 is 0 Å². The van der Waals surface area contributed by atoms with E-state index in [1.54, 1.807) is 0 Å². The number of rotatable bonds is 5. The quantitative estimate of drug-likeness (QED) is 0.640. The number of carboxylic acids is 1. The highest BCUT2D eigenvalue weighted by atomic mass is 16.4. The Bertz CT molecular complexity index is 1120. The van der Waals surface area contributed by atoms with Crippen LogP contribution in [0.2, 0.25) is 0 Å². The first-order chi connectivity index (χ1) is 15.4. The smallest absolute Gasteiger partial charge is 0.336 e. The van der Waals surface area contributed by atoms with Crippen LogP contribution in [0.4, 0.5) is 4.79 Å². The summed E-state index contributed by atoms with van der Waals surface area (Å²) in [5, 5.41) is 13.7. The molecule has 2 N–H and O–H groups in total. The number of hydrogen-bond donors (Lipinski definition) is 2. The highest BCUT2D eigenvalue weighted by Gasteiger charge is 2.26. The highest BCUT2D eigenvalue weighted by molar-refractivity contribution is 6.05. The average molecular weight is 433 g/mol. The molecule has 0 radical (unpaired) electrons. The van der Waals surface area contributed by atoms with Crippen molar-refractivity contribution in [3.8, 4) is 11.3 Å². The molecule has 0 spiro atoms. The molecule has 2 aromatic carbocycles. The van der Waals surface area contributed by atoms with Crippen molar-refractivity contribution in [3.05, 3.63) is 65.7 Å². The largest absolute Gasteiger partial charge is 0.478 e. The Morgan fingerprint density at radius 3 is 2.31 bits per heavy atom. The van der Waals surface area contributed by atoms with Crippen molar-refractivity contribution in [1.29, 1.82) is 0 Å². The molecule has 0 unspecified atom stereocenters. The van der Waals surface area contributed by atoms with Crippen LogP contribution >= 0.6 is 0 Å². The van der Waals surface area contributed by atoms with Gasteiger partial charge in [-0.2, -0.15) is 0 Å². The van der Waals surface area contributed by atoms with Gasteiger partial charge in [-0.15, -0.1) is 0 Å². The first kappa shape index (κ1) is 21.8. The normalized spacial score (nSPS) is 14.7. The van der Waals surface area contributed by atoms with E-state index in [0.29, 0.717) is 60.4 Å². The summed E-state index contributed by atoms with van der Waals surface area (Å²) in [6.45, 7) is 6.89. The molecule has 0 bridgehead atoms. The Kier molecular flexibility index (Phi) is 6.37. The Hall–Kier alpha value is -3.45. The summed E-state index contributed by atoms with van der Waals surface area (Å²) in [4.78, 5) is 33.6. The number of fused-ring (bicyclic) bond motifs is 1. The van der Waals surface area contributed by atoms with Gasteiger partial charge in [0, 0.05) is 55.3 Å². The maximum absolute atomic E-state index is 12.4. The molecule has 7 heteroatoms. The fourth-order valence-corrected chi connectivity index (χ4v) is 4.16. The fraction of sp³-hybridized carbons (Fsp3) is 0.320. The summed E-state index contributed by atoms with van der Waals surface area (Å²) in [6, 6.07) is 17.1. The summed E-state index contributed by atoms with van der Waals surface area (Å²) in [5.74, 6) is -0.953. The molecule has 3 aromatic rings. The lowest BCUT2D eigenvalue weighted by Gasteiger charge is -2.35. The number of hydrogen-bond acceptors (Lipinski definition) is 4. The molecule has 7 nitrogen and oxygen atoms in total. The van der Waals surface area contributed by atoms with Gasteiger partial charge in [0.1, 0.15) is 0 Å². The van der Waals surface area contributed by atoms with E-state index < -0.39 is 5.97 Å². The molecule has 1 saturated heterocycles. The molecule has 1 fully saturated rings. The van der Waals surface area contributed by atoms with Crippen molar-refractivity contribution < 1.29 is 14.7 Å². The topological polar surface area (TPSA) is 85.8 Å². The average Bonchev–Trinajstić information content (AvgIpc) is 2.79. The number of carboxylic acid groups (broad SMARTS) is 1. The molecule has 0 aliphatic carbocycles. The molecule has 166 valence electrons. The summed E-state index contributed by atoms with van der Waals surface area (Å²) < 4.78 is 0. The van der Waals surface area contributed by atoms with Crippen LogP contribution in [0.3, 0.4) is 0 Å². The Morgan fingerprint density at radius 2 is 1.66 bits per heavy atom. The minimum atomic E-state index is -0.953. The number of nitrogens with one attached hydrogen (secondary N) is 1. The van der Waals surface area contributed by atoms with Gasteiger partial charge in [-0.3, -0.25) is 4.90 Å². The number of nitrogens with zero attached hydrogens (tertiary/aromatic N) is 3. The molecule has 2 amide bonds. The number of amides is 2. The van der Waals surface area contributed by atoms with Gasteiger partial charge in [-0.05, 0) is 19.9 Å². The standard InChI is InChI=1S/C25H28N4O3/c1-17(2)26-25(32)29-14-12-28(13-15-29)16-20-22(24(30)31)19-10-6-7-11-21(19)27-23(20)18-8-4-3-5-9-18/h3-11,17H,12-16H2,1-2H3,(H,26,32)(H,30,31). The van der Waals surface area contributed by atoms with Crippen LogP contribution in [-0.4, -0.2) is 64.1 Å². The Labute approximate surface area is 187 Å². The van der Waals surface area contributed by atoms with Crippen molar-refractivity contribution in [3.63, 3.8) is 0 Å². The summed E-state index contributed by atoms with van der Waals surface area (Å²) in [5.41, 5.74) is 3.27. The number of aromatic nitrogens is 1. The van der Waals surface area contributed by atoms with Crippen LogP contribution in [0.1, 0.15) is 29.8 Å². The van der Waals surface area contributed by atoms with E-state index in [4.69, 9.17) is 4.98 Å². The van der Waals surface area contributed by atoms with Gasteiger partial charge < -0.3 is 15.3 Å². The minimum Gasteiger partial charge on any atom is -0.478 e. The van der Waals surface area contributed by atoms with Crippen molar-refractivity contribution >= 4 is 22.9 Å². The van der Waals surface area contributed by atoms with Crippen LogP contribution in [0.25, 0.3) is 22.2 Å². The lowest BCUT2D eigenvalue weighted by atomic mass is 9.96. The SMILES string of the molecule is CC(C)NC(=O)N1CCN(Cc2c(-c3ccccc3)nc3ccccc3c2C(=O)O)CC1. The summed E-state index contributed by atoms with van der Waals surface area (Å²) in [6.07, 6.45) is 0. The third kappa shape index (κ3) is 4.57. The number of carbonyl (C=O) groups is 2. The molecule has 1 aliphatic heterocycles. The van der Waals surface area contributed by atoms with E-state index in [1.165, 1.54) is 0 Å². The van der Waals surface area contributed by atoms with Gasteiger partial charge in [-0.1, -0.05) is 48.5 Å². The monoisotopic (exact) mass is 432 g/mol. The second-order valence-electron chi connectivity index (χ2n) is 8.37. The van der Waals surface area contributed by atoms with Gasteiger partial charge in [0.15, 0.2) is 0 Å². The maximum Gasteiger partial charge on any atom is 0.336 e. The third-order valence-corrected chi connectivity index (χ3v) is 5.71. The van der Waals surface area contributed by atoms with E-state index in [1.807, 2.05) is 73.3 Å². The number of para-hydroxylation sites is 1. The van der Waals surface area contributed by atoms with Gasteiger partial charge in [-0.25, -0.2) is 14.6 Å². The lowest BCUT2D eigenvalue weighted by molar-refractivity contribution is 0.0696. The molecule has 1 aromatic heterocycles. The highest BCUT2D eigenvalue weighted by Crippen LogP contribution is 2.31. The molecule has 32 heavy (non-hydrogen) atoms. The summed E-state index contributed by atoms with van der Waals surface area (Å²) >= 11 is 0. The molecule has 0 saturated carbocycles. The molecular formula is C25H28N4O3. The van der Waals surface area contributed by atoms with Gasteiger partial charge in [0.2, 0.25) is 0 Å². The zero-order valence-electron chi connectivity index (χ0n) is 18.4. The molecule has 2 heterocycles. The lowest BCUT2D eigenvalue weighted by Crippen LogP contribution is -2.52. The number of aromatic carboxylic acids is 1. The fourth-order valence-electron chi connectivity index (χ4n) is 4.16. The zero-order chi connectivity index (χ0) is 22.7. The van der Waals surface area contributed by atoms with Gasteiger partial charge in [0.25, 0.3) is 0 Å². The number of piperazine rings is 1. The van der Waals surface area contributed by atoms with E-state index in [9.17, 15) is 14.7 Å². The van der Waals surface area contributed by atoms with Crippen molar-refractivity contribution in [1.82, 2.24) is 20.1 Å². The van der Waals surface area contributed by atoms with E-state index in [0.717, 1.165) is 5.56 Å². The third-order valence-electron chi connectivity index (χ3n) is 5.71.